The molecule has 0 fully saturated rings. The minimum absolute atomic E-state index is 0.0803. The van der Waals surface area contributed by atoms with Crippen molar-refractivity contribution in [3.05, 3.63) is 36.4 Å². The summed E-state index contributed by atoms with van der Waals surface area (Å²) in [6, 6.07) is -5.17. The number of nitrogens with zero attached hydrogens (tertiary/aromatic N) is 2. The van der Waals surface area contributed by atoms with Gasteiger partial charge in [-0.1, -0.05) is 0 Å². The minimum Gasteiger partial charge on any atom is -0.480 e. The predicted octanol–water partition coefficient (Wildman–Crippen LogP) is -3.68. The fourth-order valence-electron chi connectivity index (χ4n) is 3.45. The number of hydrogen-bond acceptors (Lipinski definition) is 9. The fourth-order valence-corrected chi connectivity index (χ4v) is 3.45. The number of carbonyl (C=O) groups is 6. The molecular formula is C22H32N10O7. The molecule has 212 valence electrons. The van der Waals surface area contributed by atoms with Crippen LogP contribution in [0.15, 0.2) is 25.0 Å². The number of aliphatic carboxylic acids is 1. The lowest BCUT2D eigenvalue weighted by molar-refractivity contribution is -0.142. The van der Waals surface area contributed by atoms with Gasteiger partial charge in [0, 0.05) is 49.5 Å². The molecule has 0 aliphatic carbocycles. The third-order valence-electron chi connectivity index (χ3n) is 5.56. The van der Waals surface area contributed by atoms with Crippen molar-refractivity contribution in [2.45, 2.75) is 62.7 Å². The molecule has 0 aliphatic heterocycles. The van der Waals surface area contributed by atoms with Crippen LogP contribution >= 0.6 is 0 Å². The molecule has 39 heavy (non-hydrogen) atoms. The summed E-state index contributed by atoms with van der Waals surface area (Å²) in [7, 11) is 0. The highest BCUT2D eigenvalue weighted by Gasteiger charge is 2.31. The van der Waals surface area contributed by atoms with Crippen LogP contribution in [0, 0.1) is 0 Å². The topological polar surface area (TPSA) is 294 Å². The van der Waals surface area contributed by atoms with Crippen LogP contribution in [0.3, 0.4) is 0 Å². The average Bonchev–Trinajstić information content (AvgIpc) is 3.58. The summed E-state index contributed by atoms with van der Waals surface area (Å²) in [5.41, 5.74) is 16.9. The molecule has 2 aromatic rings. The molecule has 12 N–H and O–H groups in total. The number of amides is 5. The first-order valence-corrected chi connectivity index (χ1v) is 11.9. The summed E-state index contributed by atoms with van der Waals surface area (Å²) >= 11 is 0. The van der Waals surface area contributed by atoms with Crippen LogP contribution in [0.5, 0.6) is 0 Å². The zero-order valence-electron chi connectivity index (χ0n) is 20.9. The number of imidazole rings is 2. The second kappa shape index (κ2) is 14.8. The first-order chi connectivity index (χ1) is 18.5. The van der Waals surface area contributed by atoms with Crippen LogP contribution in [-0.4, -0.2) is 84.7 Å². The first kappa shape index (κ1) is 30.4. The number of rotatable bonds is 17. The Labute approximate surface area is 222 Å². The van der Waals surface area contributed by atoms with E-state index < -0.39 is 59.7 Å². The van der Waals surface area contributed by atoms with Gasteiger partial charge in [-0.3, -0.25) is 24.0 Å². The fraction of sp³-hybridized carbons (Fsp3) is 0.455. The molecule has 2 heterocycles. The average molecular weight is 549 g/mol. The standard InChI is InChI=1S/C22H32N10O7/c23-13(1-3-17(24)33)19(35)30-14(2-4-18(25)34)20(36)31-15(5-11-7-26-9-28-11)21(37)32-16(22(38)39)6-12-8-27-10-29-12/h7-10,13-16H,1-6,23H2,(H2,24,33)(H2,25,34)(H,26,28)(H,27,29)(H,30,35)(H,31,36)(H,32,37)(H,38,39). The van der Waals surface area contributed by atoms with Gasteiger partial charge in [0.05, 0.1) is 18.7 Å². The van der Waals surface area contributed by atoms with E-state index in [9.17, 15) is 33.9 Å². The summed E-state index contributed by atoms with van der Waals surface area (Å²) in [4.78, 5) is 86.2. The summed E-state index contributed by atoms with van der Waals surface area (Å²) in [6.45, 7) is 0. The maximum absolute atomic E-state index is 13.2. The molecule has 0 saturated carbocycles. The summed E-state index contributed by atoms with van der Waals surface area (Å²) in [5.74, 6) is -5.20. The van der Waals surface area contributed by atoms with Gasteiger partial charge in [-0.2, -0.15) is 0 Å². The number of aromatic amines is 2. The quantitative estimate of drug-likeness (QED) is 0.0932. The molecule has 17 heteroatoms. The van der Waals surface area contributed by atoms with E-state index in [1.165, 1.54) is 25.0 Å². The summed E-state index contributed by atoms with van der Waals surface area (Å²) in [5, 5.41) is 16.9. The van der Waals surface area contributed by atoms with Gasteiger partial charge in [0.15, 0.2) is 0 Å². The number of primary amides is 2. The Morgan fingerprint density at radius 1 is 0.744 bits per heavy atom. The van der Waals surface area contributed by atoms with Gasteiger partial charge in [0.25, 0.3) is 0 Å². The zero-order chi connectivity index (χ0) is 28.9. The maximum atomic E-state index is 13.2. The Kier molecular flexibility index (Phi) is 11.6. The van der Waals surface area contributed by atoms with Gasteiger partial charge in [0.1, 0.15) is 18.1 Å². The molecule has 0 radical (unpaired) electrons. The van der Waals surface area contributed by atoms with Crippen molar-refractivity contribution in [2.75, 3.05) is 0 Å². The van der Waals surface area contributed by atoms with Crippen molar-refractivity contribution in [1.82, 2.24) is 35.9 Å². The molecule has 0 saturated heterocycles. The number of nitrogens with one attached hydrogen (secondary N) is 5. The van der Waals surface area contributed by atoms with Crippen molar-refractivity contribution in [1.29, 1.82) is 0 Å². The van der Waals surface area contributed by atoms with E-state index in [0.717, 1.165) is 0 Å². The molecular weight excluding hydrogens is 516 g/mol. The highest BCUT2D eigenvalue weighted by Crippen LogP contribution is 2.06. The molecule has 4 atom stereocenters. The van der Waals surface area contributed by atoms with E-state index in [0.29, 0.717) is 11.4 Å². The van der Waals surface area contributed by atoms with E-state index in [-0.39, 0.29) is 38.5 Å². The maximum Gasteiger partial charge on any atom is 0.326 e. The second-order valence-corrected chi connectivity index (χ2v) is 8.70. The minimum atomic E-state index is -1.35. The smallest absolute Gasteiger partial charge is 0.326 e. The lowest BCUT2D eigenvalue weighted by Gasteiger charge is -2.25. The lowest BCUT2D eigenvalue weighted by atomic mass is 10.1. The van der Waals surface area contributed by atoms with Gasteiger partial charge < -0.3 is 48.2 Å². The predicted molar refractivity (Wildman–Crippen MR) is 133 cm³/mol. The van der Waals surface area contributed by atoms with Gasteiger partial charge >= 0.3 is 5.97 Å². The van der Waals surface area contributed by atoms with Crippen LogP contribution in [0.1, 0.15) is 37.1 Å². The van der Waals surface area contributed by atoms with Crippen molar-refractivity contribution in [3.8, 4) is 0 Å². The molecule has 0 spiro atoms. The molecule has 2 rings (SSSR count). The Balaban J connectivity index is 2.19. The second-order valence-electron chi connectivity index (χ2n) is 8.70. The number of H-pyrrole nitrogens is 2. The Morgan fingerprint density at radius 2 is 1.21 bits per heavy atom. The van der Waals surface area contributed by atoms with E-state index in [2.05, 4.69) is 35.9 Å². The number of nitrogens with two attached hydrogens (primary N) is 3. The molecule has 17 nitrogen and oxygen atoms in total. The summed E-state index contributed by atoms with van der Waals surface area (Å²) in [6.07, 6.45) is 4.58. The number of aromatic nitrogens is 4. The highest BCUT2D eigenvalue weighted by molar-refractivity contribution is 5.94. The molecule has 5 amide bonds. The van der Waals surface area contributed by atoms with E-state index in [1.54, 1.807) is 0 Å². The zero-order valence-corrected chi connectivity index (χ0v) is 20.9. The Hall–Kier alpha value is -4.80. The number of hydrogen-bond donors (Lipinski definition) is 9. The van der Waals surface area contributed by atoms with Crippen molar-refractivity contribution < 1.29 is 33.9 Å². The number of carboxylic acids is 1. The number of carboxylic acid groups (broad SMARTS) is 1. The van der Waals surface area contributed by atoms with Crippen molar-refractivity contribution in [2.24, 2.45) is 17.2 Å². The normalized spacial score (nSPS) is 13.9. The highest BCUT2D eigenvalue weighted by atomic mass is 16.4. The SMILES string of the molecule is NC(=O)CCC(N)C(=O)NC(CCC(N)=O)C(=O)NC(Cc1cnc[nH]1)C(=O)NC(Cc1cnc[nH]1)C(=O)O. The Morgan fingerprint density at radius 3 is 1.69 bits per heavy atom. The van der Waals surface area contributed by atoms with Gasteiger partial charge in [0.2, 0.25) is 29.5 Å². The number of carbonyl (C=O) groups excluding carboxylic acids is 5. The largest absolute Gasteiger partial charge is 0.480 e. The molecule has 0 bridgehead atoms. The monoisotopic (exact) mass is 548 g/mol. The van der Waals surface area contributed by atoms with Gasteiger partial charge in [-0.15, -0.1) is 0 Å². The molecule has 4 unspecified atom stereocenters. The molecule has 0 aliphatic rings. The van der Waals surface area contributed by atoms with Crippen LogP contribution in [-0.2, 0) is 41.6 Å². The molecule has 0 aromatic carbocycles. The van der Waals surface area contributed by atoms with Crippen molar-refractivity contribution >= 4 is 35.5 Å². The van der Waals surface area contributed by atoms with Crippen molar-refractivity contribution in [3.63, 3.8) is 0 Å². The third kappa shape index (κ3) is 10.6. The van der Waals surface area contributed by atoms with Gasteiger partial charge in [-0.05, 0) is 12.8 Å². The summed E-state index contributed by atoms with van der Waals surface area (Å²) < 4.78 is 0. The Bertz CT molecular complexity index is 1140. The van der Waals surface area contributed by atoms with Gasteiger partial charge in [-0.25, -0.2) is 14.8 Å². The molecule has 2 aromatic heterocycles. The van der Waals surface area contributed by atoms with E-state index >= 15 is 0 Å². The van der Waals surface area contributed by atoms with Crippen LogP contribution in [0.25, 0.3) is 0 Å². The van der Waals surface area contributed by atoms with E-state index in [1.807, 2.05) is 0 Å². The van der Waals surface area contributed by atoms with Crippen LogP contribution in [0.4, 0.5) is 0 Å². The van der Waals surface area contributed by atoms with Crippen LogP contribution in [0.2, 0.25) is 0 Å². The van der Waals surface area contributed by atoms with Crippen LogP contribution < -0.4 is 33.2 Å². The third-order valence-corrected chi connectivity index (χ3v) is 5.56. The van der Waals surface area contributed by atoms with E-state index in [4.69, 9.17) is 17.2 Å². The first-order valence-electron chi connectivity index (χ1n) is 11.9. The lowest BCUT2D eigenvalue weighted by Crippen LogP contribution is -2.58.